The molecule has 4 nitrogen and oxygen atoms in total. The van der Waals surface area contributed by atoms with E-state index in [1.54, 1.807) is 6.07 Å². The van der Waals surface area contributed by atoms with Gasteiger partial charge in [0.1, 0.15) is 5.69 Å². The second-order valence-corrected chi connectivity index (χ2v) is 3.17. The minimum Gasteiger partial charge on any atom is -0.354 e. The number of nitrogens with one attached hydrogen (secondary N) is 2. The summed E-state index contributed by atoms with van der Waals surface area (Å²) in [6.45, 7) is 2.26. The Balaban J connectivity index is 2.56. The molecule has 0 radical (unpaired) electrons. The number of Topliss-reactive ketones (excluding diaryl/α,β-unsaturated/α-hetero) is 1. The maximum absolute atomic E-state index is 11.5. The highest BCUT2D eigenvalue weighted by Gasteiger charge is 2.22. The number of carbonyl (C=O) groups is 2. The van der Waals surface area contributed by atoms with E-state index in [1.165, 1.54) is 0 Å². The second kappa shape index (κ2) is 2.73. The molecular weight excluding hydrogens is 168 g/mol. The van der Waals surface area contributed by atoms with Crippen LogP contribution < -0.4 is 5.32 Å². The lowest BCUT2D eigenvalue weighted by molar-refractivity contribution is 0.0951. The Kier molecular flexibility index (Phi) is 1.69. The van der Waals surface area contributed by atoms with Crippen molar-refractivity contribution in [2.45, 2.75) is 13.3 Å². The Morgan fingerprint density at radius 3 is 2.92 bits per heavy atom. The topological polar surface area (TPSA) is 62.0 Å². The summed E-state index contributed by atoms with van der Waals surface area (Å²) in [5.74, 6) is -0.161. The van der Waals surface area contributed by atoms with Gasteiger partial charge in [0.05, 0.1) is 0 Å². The smallest absolute Gasteiger partial charge is 0.268 e. The number of amides is 1. The molecule has 0 aromatic carbocycles. The van der Waals surface area contributed by atoms with Gasteiger partial charge in [-0.15, -0.1) is 0 Å². The zero-order valence-corrected chi connectivity index (χ0v) is 7.31. The summed E-state index contributed by atoms with van der Waals surface area (Å²) >= 11 is 0. The number of ketones is 1. The SMILES string of the molecule is Cc1cc2c([nH]1)C(=O)NCCC2=O. The van der Waals surface area contributed by atoms with Crippen molar-refractivity contribution in [2.24, 2.45) is 0 Å². The maximum atomic E-state index is 11.5. The Hall–Kier alpha value is -1.58. The summed E-state index contributed by atoms with van der Waals surface area (Å²) in [4.78, 5) is 25.7. The summed E-state index contributed by atoms with van der Waals surface area (Å²) in [6, 6.07) is 1.72. The standard InChI is InChI=1S/C9H10N2O2/c1-5-4-6-7(12)2-3-10-9(13)8(6)11-5/h4,11H,2-3H2,1H3,(H,10,13). The molecule has 0 atom stereocenters. The highest BCUT2D eigenvalue weighted by atomic mass is 16.2. The largest absolute Gasteiger partial charge is 0.354 e. The van der Waals surface area contributed by atoms with Crippen molar-refractivity contribution >= 4 is 11.7 Å². The Labute approximate surface area is 75.3 Å². The molecule has 4 heteroatoms. The van der Waals surface area contributed by atoms with Gasteiger partial charge >= 0.3 is 0 Å². The normalized spacial score (nSPS) is 16.4. The van der Waals surface area contributed by atoms with Gasteiger partial charge in [-0.3, -0.25) is 9.59 Å². The van der Waals surface area contributed by atoms with Crippen molar-refractivity contribution in [3.05, 3.63) is 23.0 Å². The van der Waals surface area contributed by atoms with Gasteiger partial charge in [-0.25, -0.2) is 0 Å². The average Bonchev–Trinajstić information content (AvgIpc) is 2.41. The van der Waals surface area contributed by atoms with Crippen LogP contribution in [-0.4, -0.2) is 23.2 Å². The van der Waals surface area contributed by atoms with Crippen molar-refractivity contribution < 1.29 is 9.59 Å². The van der Waals surface area contributed by atoms with Gasteiger partial charge < -0.3 is 10.3 Å². The van der Waals surface area contributed by atoms with E-state index in [0.717, 1.165) is 5.69 Å². The van der Waals surface area contributed by atoms with Crippen LogP contribution in [0.5, 0.6) is 0 Å². The van der Waals surface area contributed by atoms with Gasteiger partial charge in [0.2, 0.25) is 0 Å². The minimum atomic E-state index is -0.186. The van der Waals surface area contributed by atoms with Crippen molar-refractivity contribution in [3.8, 4) is 0 Å². The van der Waals surface area contributed by atoms with E-state index in [0.29, 0.717) is 24.2 Å². The lowest BCUT2D eigenvalue weighted by Crippen LogP contribution is -2.23. The second-order valence-electron chi connectivity index (χ2n) is 3.17. The molecule has 1 aliphatic heterocycles. The third-order valence-corrected chi connectivity index (χ3v) is 2.12. The molecule has 0 spiro atoms. The summed E-state index contributed by atoms with van der Waals surface area (Å²) < 4.78 is 0. The van der Waals surface area contributed by atoms with Gasteiger partial charge in [-0.05, 0) is 13.0 Å². The van der Waals surface area contributed by atoms with E-state index in [2.05, 4.69) is 10.3 Å². The number of fused-ring (bicyclic) bond motifs is 1. The van der Waals surface area contributed by atoms with Crippen LogP contribution in [-0.2, 0) is 0 Å². The fourth-order valence-corrected chi connectivity index (χ4v) is 1.50. The number of hydrogen-bond acceptors (Lipinski definition) is 2. The summed E-state index contributed by atoms with van der Waals surface area (Å²) in [5, 5.41) is 2.65. The molecule has 0 bridgehead atoms. The Bertz CT molecular complexity index is 345. The molecule has 2 heterocycles. The van der Waals surface area contributed by atoms with E-state index in [-0.39, 0.29) is 11.7 Å². The Morgan fingerprint density at radius 1 is 1.38 bits per heavy atom. The number of aromatic amines is 1. The number of H-pyrrole nitrogens is 1. The third kappa shape index (κ3) is 1.24. The summed E-state index contributed by atoms with van der Waals surface area (Å²) in [7, 11) is 0. The van der Waals surface area contributed by atoms with E-state index in [4.69, 9.17) is 0 Å². The molecule has 0 saturated heterocycles. The Morgan fingerprint density at radius 2 is 2.15 bits per heavy atom. The van der Waals surface area contributed by atoms with Crippen LogP contribution in [0.4, 0.5) is 0 Å². The van der Waals surface area contributed by atoms with Crippen LogP contribution in [0.3, 0.4) is 0 Å². The number of rotatable bonds is 0. The minimum absolute atomic E-state index is 0.0256. The van der Waals surface area contributed by atoms with Crippen LogP contribution in [0.1, 0.15) is 33.0 Å². The lowest BCUT2D eigenvalue weighted by Gasteiger charge is -1.96. The van der Waals surface area contributed by atoms with Gasteiger partial charge in [0.15, 0.2) is 5.78 Å². The van der Waals surface area contributed by atoms with E-state index >= 15 is 0 Å². The van der Waals surface area contributed by atoms with Gasteiger partial charge in [0, 0.05) is 24.2 Å². The quantitative estimate of drug-likeness (QED) is 0.612. The third-order valence-electron chi connectivity index (χ3n) is 2.12. The fourth-order valence-electron chi connectivity index (χ4n) is 1.50. The van der Waals surface area contributed by atoms with Crippen molar-refractivity contribution in [3.63, 3.8) is 0 Å². The first kappa shape index (κ1) is 8.04. The van der Waals surface area contributed by atoms with Crippen molar-refractivity contribution in [1.29, 1.82) is 0 Å². The van der Waals surface area contributed by atoms with Gasteiger partial charge in [-0.2, -0.15) is 0 Å². The highest BCUT2D eigenvalue weighted by molar-refractivity contribution is 6.08. The predicted octanol–water partition coefficient (Wildman–Crippen LogP) is 0.639. The monoisotopic (exact) mass is 178 g/mol. The number of carbonyl (C=O) groups excluding carboxylic acids is 2. The summed E-state index contributed by atoms with van der Waals surface area (Å²) in [6.07, 6.45) is 0.385. The lowest BCUT2D eigenvalue weighted by atomic mass is 10.1. The molecule has 1 aromatic rings. The molecular formula is C9H10N2O2. The van der Waals surface area contributed by atoms with Crippen LogP contribution in [0.15, 0.2) is 6.07 Å². The van der Waals surface area contributed by atoms with Crippen LogP contribution in [0.25, 0.3) is 0 Å². The summed E-state index contributed by atoms with van der Waals surface area (Å²) in [5.41, 5.74) is 1.77. The first-order valence-electron chi connectivity index (χ1n) is 4.19. The predicted molar refractivity (Wildman–Crippen MR) is 46.8 cm³/mol. The van der Waals surface area contributed by atoms with Gasteiger partial charge in [0.25, 0.3) is 5.91 Å². The van der Waals surface area contributed by atoms with Crippen molar-refractivity contribution in [1.82, 2.24) is 10.3 Å². The molecule has 13 heavy (non-hydrogen) atoms. The zero-order valence-electron chi connectivity index (χ0n) is 7.31. The molecule has 1 amide bonds. The molecule has 1 aliphatic rings. The van der Waals surface area contributed by atoms with Crippen LogP contribution in [0, 0.1) is 6.92 Å². The first-order valence-corrected chi connectivity index (χ1v) is 4.19. The van der Waals surface area contributed by atoms with Crippen LogP contribution in [0.2, 0.25) is 0 Å². The number of aryl methyl sites for hydroxylation is 1. The zero-order chi connectivity index (χ0) is 9.42. The molecule has 2 N–H and O–H groups in total. The first-order chi connectivity index (χ1) is 6.18. The molecule has 1 aromatic heterocycles. The average molecular weight is 178 g/mol. The fraction of sp³-hybridized carbons (Fsp3) is 0.333. The highest BCUT2D eigenvalue weighted by Crippen LogP contribution is 2.14. The number of aromatic nitrogens is 1. The van der Waals surface area contributed by atoms with Crippen molar-refractivity contribution in [2.75, 3.05) is 6.54 Å². The van der Waals surface area contributed by atoms with E-state index in [9.17, 15) is 9.59 Å². The molecule has 0 unspecified atom stereocenters. The van der Waals surface area contributed by atoms with E-state index in [1.807, 2.05) is 6.92 Å². The molecule has 0 fully saturated rings. The van der Waals surface area contributed by atoms with Crippen LogP contribution >= 0.6 is 0 Å². The molecule has 0 aliphatic carbocycles. The molecule has 2 rings (SSSR count). The van der Waals surface area contributed by atoms with E-state index < -0.39 is 0 Å². The maximum Gasteiger partial charge on any atom is 0.268 e. The molecule has 0 saturated carbocycles. The van der Waals surface area contributed by atoms with Gasteiger partial charge in [-0.1, -0.05) is 0 Å². The molecule has 68 valence electrons. The number of hydrogen-bond donors (Lipinski definition) is 2.